The molecule has 25 heavy (non-hydrogen) atoms. The Morgan fingerprint density at radius 3 is 2.68 bits per heavy atom. The summed E-state index contributed by atoms with van der Waals surface area (Å²) in [5, 5.41) is 16.2. The zero-order chi connectivity index (χ0) is 18.2. The molecular formula is C18H20N2O5. The lowest BCUT2D eigenvalue weighted by atomic mass is 10.0. The Hall–Kier alpha value is -2.72. The Labute approximate surface area is 146 Å². The van der Waals surface area contributed by atoms with Gasteiger partial charge >= 0.3 is 5.97 Å². The average Bonchev–Trinajstić information content (AvgIpc) is 3.12. The van der Waals surface area contributed by atoms with Gasteiger partial charge in [-0.15, -0.1) is 0 Å². The molecule has 0 amide bonds. The molecule has 0 radical (unpaired) electrons. The predicted octanol–water partition coefficient (Wildman–Crippen LogP) is 2.15. The molecule has 7 nitrogen and oxygen atoms in total. The van der Waals surface area contributed by atoms with Gasteiger partial charge in [0.1, 0.15) is 18.3 Å². The lowest BCUT2D eigenvalue weighted by Crippen LogP contribution is -2.25. The lowest BCUT2D eigenvalue weighted by molar-refractivity contribution is -0.122. The number of esters is 1. The van der Waals surface area contributed by atoms with Gasteiger partial charge in [0.2, 0.25) is 0 Å². The van der Waals surface area contributed by atoms with Gasteiger partial charge < -0.3 is 19.6 Å². The average molecular weight is 344 g/mol. The van der Waals surface area contributed by atoms with E-state index in [-0.39, 0.29) is 17.4 Å². The van der Waals surface area contributed by atoms with E-state index in [0.717, 1.165) is 19.4 Å². The van der Waals surface area contributed by atoms with Crippen LogP contribution in [0, 0.1) is 22.7 Å². The summed E-state index contributed by atoms with van der Waals surface area (Å²) < 4.78 is 16.0. The molecule has 1 N–H and O–H groups in total. The Morgan fingerprint density at radius 2 is 2.12 bits per heavy atom. The van der Waals surface area contributed by atoms with Crippen LogP contribution in [0.4, 0.5) is 0 Å². The van der Waals surface area contributed by atoms with E-state index in [1.807, 2.05) is 0 Å². The quantitative estimate of drug-likeness (QED) is 0.571. The number of nitriles is 1. The smallest absolute Gasteiger partial charge is 0.338 e. The number of carbonyl (C=O) groups excluding carboxylic acids is 2. The standard InChI is InChI=1S/C18H20N2O5/c1-12(20)16(9-19)17(21)11-25-18(22)13-4-6-14(7-5-13)24-10-15-3-2-8-23-15/h4-7,15-16,20H,2-3,8,10-11H2,1H3/t15-,16?/m0/s1. The van der Waals surface area contributed by atoms with E-state index in [2.05, 4.69) is 0 Å². The number of ether oxygens (including phenoxy) is 3. The van der Waals surface area contributed by atoms with Crippen molar-refractivity contribution < 1.29 is 23.8 Å². The fraction of sp³-hybridized carbons (Fsp3) is 0.444. The first kappa shape index (κ1) is 18.6. The van der Waals surface area contributed by atoms with Gasteiger partial charge in [-0.05, 0) is 44.0 Å². The molecule has 0 aromatic heterocycles. The number of nitrogens with zero attached hydrogens (tertiary/aromatic N) is 1. The number of hydrogen-bond donors (Lipinski definition) is 1. The van der Waals surface area contributed by atoms with Crippen LogP contribution in [0.3, 0.4) is 0 Å². The summed E-state index contributed by atoms with van der Waals surface area (Å²) in [7, 11) is 0. The van der Waals surface area contributed by atoms with Gasteiger partial charge in [-0.1, -0.05) is 0 Å². The van der Waals surface area contributed by atoms with Gasteiger partial charge in [-0.3, -0.25) is 4.79 Å². The van der Waals surface area contributed by atoms with Crippen LogP contribution in [0.15, 0.2) is 24.3 Å². The summed E-state index contributed by atoms with van der Waals surface area (Å²) in [6.07, 6.45) is 2.14. The number of hydrogen-bond acceptors (Lipinski definition) is 7. The number of nitrogens with one attached hydrogen (secondary N) is 1. The first-order valence-corrected chi connectivity index (χ1v) is 8.00. The molecule has 1 saturated heterocycles. The molecule has 2 rings (SSSR count). The molecule has 2 atom stereocenters. The van der Waals surface area contributed by atoms with Crippen LogP contribution in [0.1, 0.15) is 30.1 Å². The molecule has 1 unspecified atom stereocenters. The lowest BCUT2D eigenvalue weighted by Gasteiger charge is -2.11. The minimum atomic E-state index is -1.18. The monoisotopic (exact) mass is 344 g/mol. The van der Waals surface area contributed by atoms with Crippen molar-refractivity contribution in [3.8, 4) is 11.8 Å². The Kier molecular flexibility index (Phi) is 6.66. The third-order valence-electron chi connectivity index (χ3n) is 3.78. The second-order valence-corrected chi connectivity index (χ2v) is 5.76. The molecule has 0 aliphatic carbocycles. The number of Topliss-reactive ketones (excluding diaryl/α,β-unsaturated/α-hetero) is 1. The van der Waals surface area contributed by atoms with E-state index in [0.29, 0.717) is 12.4 Å². The maximum Gasteiger partial charge on any atom is 0.338 e. The van der Waals surface area contributed by atoms with Crippen LogP contribution in [0.5, 0.6) is 5.75 Å². The van der Waals surface area contributed by atoms with Crippen LogP contribution in [-0.4, -0.2) is 43.4 Å². The minimum Gasteiger partial charge on any atom is -0.491 e. The number of benzene rings is 1. The largest absolute Gasteiger partial charge is 0.491 e. The fourth-order valence-electron chi connectivity index (χ4n) is 2.37. The second kappa shape index (κ2) is 8.94. The van der Waals surface area contributed by atoms with Crippen molar-refractivity contribution in [2.45, 2.75) is 25.9 Å². The number of carbonyl (C=O) groups is 2. The summed E-state index contributed by atoms with van der Waals surface area (Å²) in [5.74, 6) is -1.84. The highest BCUT2D eigenvalue weighted by Gasteiger charge is 2.22. The van der Waals surface area contributed by atoms with Gasteiger partial charge in [-0.2, -0.15) is 5.26 Å². The highest BCUT2D eigenvalue weighted by atomic mass is 16.5. The van der Waals surface area contributed by atoms with E-state index in [1.54, 1.807) is 30.3 Å². The summed E-state index contributed by atoms with van der Waals surface area (Å²) in [6, 6.07) is 8.10. The van der Waals surface area contributed by atoms with Crippen molar-refractivity contribution in [2.75, 3.05) is 19.8 Å². The van der Waals surface area contributed by atoms with Crippen LogP contribution in [0.25, 0.3) is 0 Å². The predicted molar refractivity (Wildman–Crippen MR) is 88.7 cm³/mol. The van der Waals surface area contributed by atoms with Crippen molar-refractivity contribution in [3.05, 3.63) is 29.8 Å². The zero-order valence-electron chi connectivity index (χ0n) is 14.0. The number of ketones is 1. The van der Waals surface area contributed by atoms with Crippen molar-refractivity contribution >= 4 is 17.5 Å². The van der Waals surface area contributed by atoms with Gasteiger partial charge in [0, 0.05) is 12.3 Å². The molecule has 1 aromatic rings. The first-order valence-electron chi connectivity index (χ1n) is 8.00. The minimum absolute atomic E-state index is 0.0729. The molecule has 1 heterocycles. The van der Waals surface area contributed by atoms with Gasteiger partial charge in [-0.25, -0.2) is 4.79 Å². The maximum absolute atomic E-state index is 11.9. The highest BCUT2D eigenvalue weighted by molar-refractivity contribution is 6.06. The van der Waals surface area contributed by atoms with E-state index in [4.69, 9.17) is 24.9 Å². The van der Waals surface area contributed by atoms with Crippen LogP contribution in [-0.2, 0) is 14.3 Å². The van der Waals surface area contributed by atoms with E-state index in [1.165, 1.54) is 6.92 Å². The third-order valence-corrected chi connectivity index (χ3v) is 3.78. The molecular weight excluding hydrogens is 324 g/mol. The first-order chi connectivity index (χ1) is 12.0. The fourth-order valence-corrected chi connectivity index (χ4v) is 2.37. The molecule has 7 heteroatoms. The van der Waals surface area contributed by atoms with E-state index in [9.17, 15) is 9.59 Å². The topological polar surface area (TPSA) is 109 Å². The zero-order valence-corrected chi connectivity index (χ0v) is 14.0. The molecule has 0 bridgehead atoms. The highest BCUT2D eigenvalue weighted by Crippen LogP contribution is 2.17. The van der Waals surface area contributed by atoms with Crippen LogP contribution in [0.2, 0.25) is 0 Å². The van der Waals surface area contributed by atoms with E-state index < -0.39 is 24.3 Å². The molecule has 0 spiro atoms. The summed E-state index contributed by atoms with van der Waals surface area (Å²) in [4.78, 5) is 23.7. The number of rotatable bonds is 8. The molecule has 1 aromatic carbocycles. The molecule has 1 aliphatic rings. The maximum atomic E-state index is 11.9. The summed E-state index contributed by atoms with van der Waals surface area (Å²) in [5.41, 5.74) is 0.202. The Morgan fingerprint density at radius 1 is 1.40 bits per heavy atom. The Balaban J connectivity index is 1.82. The van der Waals surface area contributed by atoms with Crippen molar-refractivity contribution in [2.24, 2.45) is 5.92 Å². The SMILES string of the molecule is CC(=N)C(C#N)C(=O)COC(=O)c1ccc(OC[C@@H]2CCCO2)cc1. The van der Waals surface area contributed by atoms with Crippen molar-refractivity contribution in [3.63, 3.8) is 0 Å². The summed E-state index contributed by atoms with van der Waals surface area (Å²) >= 11 is 0. The Bertz CT molecular complexity index is 672. The van der Waals surface area contributed by atoms with Crippen LogP contribution < -0.4 is 4.74 Å². The van der Waals surface area contributed by atoms with Gasteiger partial charge in [0.15, 0.2) is 12.4 Å². The van der Waals surface area contributed by atoms with E-state index >= 15 is 0 Å². The van der Waals surface area contributed by atoms with Gasteiger partial charge in [0.25, 0.3) is 0 Å². The molecule has 0 saturated carbocycles. The van der Waals surface area contributed by atoms with Crippen molar-refractivity contribution in [1.82, 2.24) is 0 Å². The van der Waals surface area contributed by atoms with Crippen LogP contribution >= 0.6 is 0 Å². The second-order valence-electron chi connectivity index (χ2n) is 5.76. The van der Waals surface area contributed by atoms with Crippen molar-refractivity contribution in [1.29, 1.82) is 10.7 Å². The van der Waals surface area contributed by atoms with Gasteiger partial charge in [0.05, 0.1) is 17.7 Å². The normalized spacial score (nSPS) is 17.4. The molecule has 1 aliphatic heterocycles. The molecule has 132 valence electrons. The third kappa shape index (κ3) is 5.40. The molecule has 1 fully saturated rings. The summed E-state index contributed by atoms with van der Waals surface area (Å²) in [6.45, 7) is 2.06.